The van der Waals surface area contributed by atoms with Crippen LogP contribution in [0.25, 0.3) is 0 Å². The monoisotopic (exact) mass is 334 g/mol. The molecule has 0 saturated carbocycles. The molecule has 0 aliphatic rings. The van der Waals surface area contributed by atoms with Gasteiger partial charge in [0.05, 0.1) is 11.1 Å². The van der Waals surface area contributed by atoms with Gasteiger partial charge in [0.15, 0.2) is 0 Å². The number of carbonyl (C=O) groups excluding carboxylic acids is 1. The summed E-state index contributed by atoms with van der Waals surface area (Å²) in [4.78, 5) is 27.0. The van der Waals surface area contributed by atoms with Crippen LogP contribution in [-0.4, -0.2) is 22.0 Å². The van der Waals surface area contributed by atoms with E-state index in [1.165, 1.54) is 12.3 Å². The summed E-state index contributed by atoms with van der Waals surface area (Å²) >= 11 is 3.15. The van der Waals surface area contributed by atoms with E-state index in [0.717, 1.165) is 5.69 Å². The van der Waals surface area contributed by atoms with Crippen LogP contribution in [0.3, 0.4) is 0 Å². The first kappa shape index (κ1) is 14.2. The zero-order chi connectivity index (χ0) is 14.7. The second-order valence-electron chi connectivity index (χ2n) is 4.14. The average molecular weight is 335 g/mol. The molecule has 0 aliphatic heterocycles. The highest BCUT2D eigenvalue weighted by atomic mass is 79.9. The zero-order valence-electron chi connectivity index (χ0n) is 10.6. The predicted molar refractivity (Wildman–Crippen MR) is 78.0 cm³/mol. The first-order valence-corrected chi connectivity index (χ1v) is 6.53. The Kier molecular flexibility index (Phi) is 4.14. The first-order chi connectivity index (χ1) is 9.47. The molecule has 0 bridgehead atoms. The smallest absolute Gasteiger partial charge is 0.336 e. The van der Waals surface area contributed by atoms with Crippen molar-refractivity contribution in [3.8, 4) is 0 Å². The van der Waals surface area contributed by atoms with E-state index in [1.54, 1.807) is 24.3 Å². The molecule has 5 nitrogen and oxygen atoms in total. The summed E-state index contributed by atoms with van der Waals surface area (Å²) in [5.41, 5.74) is 1.73. The lowest BCUT2D eigenvalue weighted by atomic mass is 10.2. The van der Waals surface area contributed by atoms with Gasteiger partial charge in [0.2, 0.25) is 0 Å². The first-order valence-electron chi connectivity index (χ1n) is 5.74. The minimum Gasteiger partial charge on any atom is -0.478 e. The maximum atomic E-state index is 12.0. The minimum atomic E-state index is -1.06. The highest BCUT2D eigenvalue weighted by Gasteiger charge is 2.11. The number of anilines is 1. The second kappa shape index (κ2) is 5.83. The summed E-state index contributed by atoms with van der Waals surface area (Å²) in [7, 11) is 0. The van der Waals surface area contributed by atoms with Gasteiger partial charge in [-0.25, -0.2) is 4.79 Å². The molecule has 0 aliphatic carbocycles. The number of aromatic nitrogens is 1. The van der Waals surface area contributed by atoms with Crippen molar-refractivity contribution in [1.29, 1.82) is 0 Å². The molecule has 1 heterocycles. The van der Waals surface area contributed by atoms with Gasteiger partial charge in [0, 0.05) is 22.1 Å². The fourth-order valence-corrected chi connectivity index (χ4v) is 1.99. The quantitative estimate of drug-likeness (QED) is 0.903. The molecule has 1 aromatic heterocycles. The Morgan fingerprint density at radius 3 is 2.60 bits per heavy atom. The number of halogens is 1. The van der Waals surface area contributed by atoms with E-state index < -0.39 is 5.97 Å². The average Bonchev–Trinajstić information content (AvgIpc) is 2.41. The lowest BCUT2D eigenvalue weighted by Crippen LogP contribution is -2.13. The molecular weight excluding hydrogens is 324 g/mol. The molecule has 2 rings (SSSR count). The number of hydrogen-bond acceptors (Lipinski definition) is 3. The van der Waals surface area contributed by atoms with Crippen LogP contribution in [0, 0.1) is 6.92 Å². The Bertz CT molecular complexity index is 669. The fraction of sp³-hybridized carbons (Fsp3) is 0.0714. The minimum absolute atomic E-state index is 0.0878. The van der Waals surface area contributed by atoms with E-state index in [0.29, 0.717) is 15.7 Å². The van der Waals surface area contributed by atoms with Crippen molar-refractivity contribution in [3.05, 3.63) is 57.8 Å². The summed E-state index contributed by atoms with van der Waals surface area (Å²) in [6, 6.07) is 7.99. The van der Waals surface area contributed by atoms with Crippen molar-refractivity contribution in [3.63, 3.8) is 0 Å². The van der Waals surface area contributed by atoms with Gasteiger partial charge in [-0.05, 0) is 53.2 Å². The van der Waals surface area contributed by atoms with Crippen molar-refractivity contribution < 1.29 is 14.7 Å². The summed E-state index contributed by atoms with van der Waals surface area (Å²) in [5, 5.41) is 11.7. The maximum absolute atomic E-state index is 12.0. The van der Waals surface area contributed by atoms with E-state index in [-0.39, 0.29) is 11.5 Å². The van der Waals surface area contributed by atoms with Gasteiger partial charge in [-0.1, -0.05) is 0 Å². The Morgan fingerprint density at radius 1 is 1.25 bits per heavy atom. The van der Waals surface area contributed by atoms with Crippen LogP contribution in [0.4, 0.5) is 5.69 Å². The van der Waals surface area contributed by atoms with Gasteiger partial charge in [-0.2, -0.15) is 0 Å². The number of hydrogen-bond donors (Lipinski definition) is 2. The number of benzene rings is 1. The number of amides is 1. The Morgan fingerprint density at radius 2 is 2.00 bits per heavy atom. The molecular formula is C14H11BrN2O3. The third-order valence-corrected chi connectivity index (χ3v) is 3.32. The van der Waals surface area contributed by atoms with Crippen molar-refractivity contribution >= 4 is 33.5 Å². The van der Waals surface area contributed by atoms with Gasteiger partial charge in [0.1, 0.15) is 0 Å². The van der Waals surface area contributed by atoms with Crippen LogP contribution < -0.4 is 5.32 Å². The molecule has 1 amide bonds. The molecule has 102 valence electrons. The molecule has 2 N–H and O–H groups in total. The van der Waals surface area contributed by atoms with Crippen LogP contribution in [0.5, 0.6) is 0 Å². The van der Waals surface area contributed by atoms with Crippen molar-refractivity contribution in [2.75, 3.05) is 5.32 Å². The number of nitrogens with one attached hydrogen (secondary N) is 1. The van der Waals surface area contributed by atoms with E-state index in [1.807, 2.05) is 6.92 Å². The summed E-state index contributed by atoms with van der Waals surface area (Å²) in [6.07, 6.45) is 1.47. The largest absolute Gasteiger partial charge is 0.478 e. The maximum Gasteiger partial charge on any atom is 0.336 e. The van der Waals surface area contributed by atoms with Crippen molar-refractivity contribution in [1.82, 2.24) is 4.98 Å². The molecule has 0 saturated heterocycles. The molecule has 0 spiro atoms. The molecule has 2 aromatic rings. The van der Waals surface area contributed by atoms with Gasteiger partial charge in [0.25, 0.3) is 5.91 Å². The van der Waals surface area contributed by atoms with E-state index in [9.17, 15) is 9.59 Å². The SMILES string of the molecule is Cc1ccc(C(=O)Nc2ccc(Br)c(C(=O)O)c2)cn1. The predicted octanol–water partition coefficient (Wildman–Crippen LogP) is 3.10. The second-order valence-corrected chi connectivity index (χ2v) is 5.00. The molecule has 0 fully saturated rings. The van der Waals surface area contributed by atoms with Crippen LogP contribution in [0.2, 0.25) is 0 Å². The van der Waals surface area contributed by atoms with Gasteiger partial charge in [-0.15, -0.1) is 0 Å². The number of carboxylic acids is 1. The Hall–Kier alpha value is -2.21. The topological polar surface area (TPSA) is 79.3 Å². The van der Waals surface area contributed by atoms with Crippen LogP contribution >= 0.6 is 15.9 Å². The van der Waals surface area contributed by atoms with Crippen LogP contribution in [0.15, 0.2) is 41.0 Å². The Labute approximate surface area is 123 Å². The number of rotatable bonds is 3. The molecule has 20 heavy (non-hydrogen) atoms. The molecule has 0 unspecified atom stereocenters. The lowest BCUT2D eigenvalue weighted by molar-refractivity contribution is 0.0695. The number of aryl methyl sites for hydroxylation is 1. The summed E-state index contributed by atoms with van der Waals surface area (Å²) < 4.78 is 0.458. The molecule has 6 heteroatoms. The number of nitrogens with zero attached hydrogens (tertiary/aromatic N) is 1. The molecule has 1 aromatic carbocycles. The third-order valence-electron chi connectivity index (χ3n) is 2.63. The van der Waals surface area contributed by atoms with Gasteiger partial charge >= 0.3 is 5.97 Å². The lowest BCUT2D eigenvalue weighted by Gasteiger charge is -2.07. The van der Waals surface area contributed by atoms with Crippen LogP contribution in [0.1, 0.15) is 26.4 Å². The number of aromatic carboxylic acids is 1. The number of carboxylic acid groups (broad SMARTS) is 1. The van der Waals surface area contributed by atoms with Gasteiger partial charge < -0.3 is 10.4 Å². The van der Waals surface area contributed by atoms with E-state index in [4.69, 9.17) is 5.11 Å². The standard InChI is InChI=1S/C14H11BrN2O3/c1-8-2-3-9(7-16-8)13(18)17-10-4-5-12(15)11(6-10)14(19)20/h2-7H,1H3,(H,17,18)(H,19,20). The number of carbonyl (C=O) groups is 2. The highest BCUT2D eigenvalue weighted by molar-refractivity contribution is 9.10. The van der Waals surface area contributed by atoms with Crippen LogP contribution in [-0.2, 0) is 0 Å². The van der Waals surface area contributed by atoms with Crippen molar-refractivity contribution in [2.24, 2.45) is 0 Å². The third kappa shape index (κ3) is 3.21. The fourth-order valence-electron chi connectivity index (χ4n) is 1.57. The normalized spacial score (nSPS) is 10.1. The Balaban J connectivity index is 2.21. The molecule has 0 atom stereocenters. The molecule has 0 radical (unpaired) electrons. The van der Waals surface area contributed by atoms with E-state index in [2.05, 4.69) is 26.2 Å². The highest BCUT2D eigenvalue weighted by Crippen LogP contribution is 2.21. The van der Waals surface area contributed by atoms with E-state index >= 15 is 0 Å². The van der Waals surface area contributed by atoms with Crippen molar-refractivity contribution in [2.45, 2.75) is 6.92 Å². The summed E-state index contributed by atoms with van der Waals surface area (Å²) in [5.74, 6) is -1.40. The zero-order valence-corrected chi connectivity index (χ0v) is 12.1. The van der Waals surface area contributed by atoms with Gasteiger partial charge in [-0.3, -0.25) is 9.78 Å². The number of pyridine rings is 1. The summed E-state index contributed by atoms with van der Waals surface area (Å²) in [6.45, 7) is 1.83.